The Morgan fingerprint density at radius 1 is 0.854 bits per heavy atom. The first-order valence-electron chi connectivity index (χ1n) is 13.4. The van der Waals surface area contributed by atoms with Crippen molar-refractivity contribution >= 4 is 11.8 Å². The van der Waals surface area contributed by atoms with Crippen molar-refractivity contribution in [2.45, 2.75) is 38.4 Å². The van der Waals surface area contributed by atoms with E-state index in [-0.39, 0.29) is 18.6 Å². The van der Waals surface area contributed by atoms with E-state index in [1.54, 1.807) is 66.7 Å². The van der Waals surface area contributed by atoms with E-state index in [0.717, 1.165) is 11.4 Å². The quantitative estimate of drug-likeness (QED) is 0.241. The zero-order valence-corrected chi connectivity index (χ0v) is 22.8. The summed E-state index contributed by atoms with van der Waals surface area (Å²) in [6.45, 7) is 3.52. The number of fused-ring (bicyclic) bond motifs is 1. The van der Waals surface area contributed by atoms with Crippen LogP contribution in [-0.4, -0.2) is 46.3 Å². The predicted molar refractivity (Wildman–Crippen MR) is 149 cm³/mol. The molecule has 2 heterocycles. The van der Waals surface area contributed by atoms with Gasteiger partial charge < -0.3 is 24.1 Å². The highest BCUT2D eigenvalue weighted by Gasteiger charge is 2.50. The summed E-state index contributed by atoms with van der Waals surface area (Å²) < 4.78 is 23.4. The van der Waals surface area contributed by atoms with Crippen LogP contribution in [0.5, 0.6) is 17.5 Å². The average Bonchev–Trinajstić information content (AvgIpc) is 3.49. The number of aliphatic carboxylic acids is 1. The number of aromatic nitrogens is 2. The van der Waals surface area contributed by atoms with Gasteiger partial charge >= 0.3 is 12.0 Å². The molecule has 1 aliphatic rings. The number of carboxylic acid groups (broad SMARTS) is 1. The molecule has 0 fully saturated rings. The zero-order valence-electron chi connectivity index (χ0n) is 22.8. The minimum atomic E-state index is -1.75. The fourth-order valence-electron chi connectivity index (χ4n) is 4.77. The van der Waals surface area contributed by atoms with Gasteiger partial charge in [-0.15, -0.1) is 0 Å². The standard InChI is InChI=1S/C32H30N2O7/c1-3-24-18-25(4-2)34-31(33-24)41-29(30(36)37)32(22-11-7-5-8-12-22,23-13-9-6-10-14-23)40-19-26(35)21-15-16-27-28(17-21)39-20-38-27/h5-18,29H,3-4,19-20H2,1-2H3,(H,36,37). The van der Waals surface area contributed by atoms with E-state index in [9.17, 15) is 14.7 Å². The number of nitrogens with zero attached hydrogens (tertiary/aromatic N) is 2. The number of hydrogen-bond donors (Lipinski definition) is 1. The Bertz CT molecular complexity index is 1460. The summed E-state index contributed by atoms with van der Waals surface area (Å²) in [7, 11) is 0. The third-order valence-electron chi connectivity index (χ3n) is 6.88. The van der Waals surface area contributed by atoms with Gasteiger partial charge in [-0.3, -0.25) is 4.79 Å². The van der Waals surface area contributed by atoms with Crippen LogP contribution in [0, 0.1) is 0 Å². The van der Waals surface area contributed by atoms with Crippen LogP contribution in [0.4, 0.5) is 0 Å². The first kappa shape index (κ1) is 27.8. The second-order valence-corrected chi connectivity index (χ2v) is 9.42. The lowest BCUT2D eigenvalue weighted by Crippen LogP contribution is -2.52. The van der Waals surface area contributed by atoms with Gasteiger partial charge in [-0.05, 0) is 48.2 Å². The number of ketones is 1. The van der Waals surface area contributed by atoms with Crippen molar-refractivity contribution in [3.8, 4) is 17.5 Å². The molecular weight excluding hydrogens is 524 g/mol. The molecule has 3 aromatic carbocycles. The monoisotopic (exact) mass is 554 g/mol. The first-order chi connectivity index (χ1) is 19.9. The van der Waals surface area contributed by atoms with Crippen LogP contribution in [0.15, 0.2) is 84.9 Å². The van der Waals surface area contributed by atoms with Gasteiger partial charge in [0.1, 0.15) is 6.61 Å². The number of carbonyl (C=O) groups excluding carboxylic acids is 1. The molecule has 0 saturated carbocycles. The summed E-state index contributed by atoms with van der Waals surface area (Å²) in [5, 5.41) is 10.7. The lowest BCUT2D eigenvalue weighted by atomic mass is 9.81. The third-order valence-corrected chi connectivity index (χ3v) is 6.88. The molecule has 1 N–H and O–H groups in total. The summed E-state index contributed by atoms with van der Waals surface area (Å²) in [5.41, 5.74) is 1.00. The van der Waals surface area contributed by atoms with Crippen molar-refractivity contribution in [3.05, 3.63) is 113 Å². The Morgan fingerprint density at radius 2 is 1.44 bits per heavy atom. The topological polar surface area (TPSA) is 117 Å². The zero-order chi connectivity index (χ0) is 28.8. The van der Waals surface area contributed by atoms with Crippen molar-refractivity contribution in [2.75, 3.05) is 13.4 Å². The normalized spacial score (nSPS) is 13.0. The SMILES string of the molecule is CCc1cc(CC)nc(OC(C(=O)O)C(OCC(=O)c2ccc3c(c2)OCO3)(c2ccccc2)c2ccccc2)n1. The molecule has 210 valence electrons. The number of benzene rings is 3. The summed E-state index contributed by atoms with van der Waals surface area (Å²) in [6.07, 6.45) is -0.423. The van der Waals surface area contributed by atoms with Gasteiger partial charge in [0.05, 0.1) is 0 Å². The minimum Gasteiger partial charge on any atom is -0.478 e. The number of hydrogen-bond acceptors (Lipinski definition) is 8. The molecule has 1 aromatic heterocycles. The second-order valence-electron chi connectivity index (χ2n) is 9.42. The molecule has 1 unspecified atom stereocenters. The van der Waals surface area contributed by atoms with Crippen LogP contribution < -0.4 is 14.2 Å². The van der Waals surface area contributed by atoms with E-state index in [1.165, 1.54) is 0 Å². The van der Waals surface area contributed by atoms with Gasteiger partial charge in [0.2, 0.25) is 12.9 Å². The van der Waals surface area contributed by atoms with Gasteiger partial charge in [0.15, 0.2) is 22.9 Å². The van der Waals surface area contributed by atoms with Crippen LogP contribution in [0.3, 0.4) is 0 Å². The Balaban J connectivity index is 1.61. The lowest BCUT2D eigenvalue weighted by molar-refractivity contribution is -0.162. The molecule has 9 heteroatoms. The number of aryl methyl sites for hydroxylation is 2. The van der Waals surface area contributed by atoms with Gasteiger partial charge in [-0.25, -0.2) is 14.8 Å². The van der Waals surface area contributed by atoms with Crippen LogP contribution >= 0.6 is 0 Å². The molecule has 1 atom stereocenters. The van der Waals surface area contributed by atoms with Crippen molar-refractivity contribution in [1.82, 2.24) is 9.97 Å². The van der Waals surface area contributed by atoms with Crippen molar-refractivity contribution in [1.29, 1.82) is 0 Å². The number of Topliss-reactive ketones (excluding diaryl/α,β-unsaturated/α-hetero) is 1. The molecule has 9 nitrogen and oxygen atoms in total. The van der Waals surface area contributed by atoms with Gasteiger partial charge in [-0.1, -0.05) is 74.5 Å². The van der Waals surface area contributed by atoms with E-state index in [1.807, 2.05) is 32.0 Å². The molecule has 0 amide bonds. The largest absolute Gasteiger partial charge is 0.478 e. The molecule has 41 heavy (non-hydrogen) atoms. The fraction of sp³-hybridized carbons (Fsp3) is 0.250. The van der Waals surface area contributed by atoms with E-state index in [4.69, 9.17) is 18.9 Å². The molecule has 0 spiro atoms. The van der Waals surface area contributed by atoms with Crippen molar-refractivity contribution in [3.63, 3.8) is 0 Å². The first-order valence-corrected chi connectivity index (χ1v) is 13.4. The van der Waals surface area contributed by atoms with E-state index >= 15 is 0 Å². The summed E-state index contributed by atoms with van der Waals surface area (Å²) in [5.74, 6) is -0.678. The highest BCUT2D eigenvalue weighted by molar-refractivity contribution is 5.97. The number of ether oxygens (including phenoxy) is 4. The Hall–Kier alpha value is -4.76. The Morgan fingerprint density at radius 3 is 2.00 bits per heavy atom. The third kappa shape index (κ3) is 5.76. The Kier molecular flexibility index (Phi) is 8.26. The van der Waals surface area contributed by atoms with Crippen LogP contribution in [-0.2, 0) is 28.0 Å². The molecule has 4 aromatic rings. The minimum absolute atomic E-state index is 0.0736. The summed E-state index contributed by atoms with van der Waals surface area (Å²) >= 11 is 0. The fourth-order valence-corrected chi connectivity index (χ4v) is 4.77. The van der Waals surface area contributed by atoms with E-state index in [2.05, 4.69) is 9.97 Å². The smallest absolute Gasteiger partial charge is 0.348 e. The van der Waals surface area contributed by atoms with Crippen LogP contribution in [0.2, 0.25) is 0 Å². The maximum absolute atomic E-state index is 13.4. The van der Waals surface area contributed by atoms with Crippen molar-refractivity contribution in [2.24, 2.45) is 0 Å². The number of rotatable bonds is 12. The van der Waals surface area contributed by atoms with Gasteiger partial charge in [0.25, 0.3) is 0 Å². The average molecular weight is 555 g/mol. The molecular formula is C32H30N2O7. The molecule has 0 bridgehead atoms. The predicted octanol–water partition coefficient (Wildman–Crippen LogP) is 5.01. The number of carbonyl (C=O) groups is 2. The van der Waals surface area contributed by atoms with E-state index in [0.29, 0.717) is 41.0 Å². The maximum Gasteiger partial charge on any atom is 0.348 e. The molecule has 0 radical (unpaired) electrons. The molecule has 0 aliphatic carbocycles. The summed E-state index contributed by atoms with van der Waals surface area (Å²) in [6, 6.07) is 24.4. The van der Waals surface area contributed by atoms with E-state index < -0.39 is 24.3 Å². The van der Waals surface area contributed by atoms with Gasteiger partial charge in [-0.2, -0.15) is 0 Å². The second kappa shape index (κ2) is 12.2. The molecule has 0 saturated heterocycles. The lowest BCUT2D eigenvalue weighted by Gasteiger charge is -2.38. The van der Waals surface area contributed by atoms with Crippen LogP contribution in [0.1, 0.15) is 46.7 Å². The Labute approximate surface area is 237 Å². The highest BCUT2D eigenvalue weighted by atomic mass is 16.7. The molecule has 5 rings (SSSR count). The highest BCUT2D eigenvalue weighted by Crippen LogP contribution is 2.40. The number of carboxylic acids is 1. The van der Waals surface area contributed by atoms with Crippen LogP contribution in [0.25, 0.3) is 0 Å². The van der Waals surface area contributed by atoms with Crippen molar-refractivity contribution < 1.29 is 33.6 Å². The summed E-state index contributed by atoms with van der Waals surface area (Å²) in [4.78, 5) is 35.4. The molecule has 1 aliphatic heterocycles. The van der Waals surface area contributed by atoms with Gasteiger partial charge in [0, 0.05) is 17.0 Å². The maximum atomic E-state index is 13.4.